The summed E-state index contributed by atoms with van der Waals surface area (Å²) in [4.78, 5) is 25.4. The molecule has 0 atom stereocenters. The van der Waals surface area contributed by atoms with E-state index in [1.807, 2.05) is 30.3 Å². The summed E-state index contributed by atoms with van der Waals surface area (Å²) in [6.07, 6.45) is 1.82. The average Bonchev–Trinajstić information content (AvgIpc) is 3.51. The van der Waals surface area contributed by atoms with E-state index in [2.05, 4.69) is 10.6 Å². The van der Waals surface area contributed by atoms with Crippen LogP contribution in [0.15, 0.2) is 48.5 Å². The first kappa shape index (κ1) is 18.8. The van der Waals surface area contributed by atoms with Crippen LogP contribution in [0.25, 0.3) is 0 Å². The van der Waals surface area contributed by atoms with Gasteiger partial charge in [0.1, 0.15) is 16.9 Å². The van der Waals surface area contributed by atoms with Crippen LogP contribution in [0, 0.1) is 5.41 Å². The third-order valence-corrected chi connectivity index (χ3v) is 4.82. The molecule has 1 aliphatic carbocycles. The predicted molar refractivity (Wildman–Crippen MR) is 103 cm³/mol. The second-order valence-electron chi connectivity index (χ2n) is 6.59. The first-order valence-electron chi connectivity index (χ1n) is 8.95. The van der Waals surface area contributed by atoms with Gasteiger partial charge in [0.05, 0.1) is 19.9 Å². The first-order chi connectivity index (χ1) is 13.1. The summed E-state index contributed by atoms with van der Waals surface area (Å²) in [5.41, 5.74) is 0.642. The fraction of sp³-hybridized carbons (Fsp3) is 0.333. The second kappa shape index (κ2) is 8.12. The van der Waals surface area contributed by atoms with Crippen molar-refractivity contribution in [3.63, 3.8) is 0 Å². The highest BCUT2D eigenvalue weighted by Crippen LogP contribution is 2.47. The zero-order valence-corrected chi connectivity index (χ0v) is 15.6. The van der Waals surface area contributed by atoms with E-state index >= 15 is 0 Å². The van der Waals surface area contributed by atoms with Gasteiger partial charge in [0.25, 0.3) is 0 Å². The van der Waals surface area contributed by atoms with E-state index in [1.54, 1.807) is 25.3 Å². The highest BCUT2D eigenvalue weighted by Gasteiger charge is 2.56. The Labute approximate surface area is 158 Å². The molecule has 1 aliphatic rings. The molecule has 0 bridgehead atoms. The maximum atomic E-state index is 12.8. The number of nitrogens with one attached hydrogen (secondary N) is 2. The summed E-state index contributed by atoms with van der Waals surface area (Å²) in [5, 5.41) is 5.72. The molecule has 2 aromatic rings. The minimum atomic E-state index is -0.995. The van der Waals surface area contributed by atoms with Gasteiger partial charge in [0.2, 0.25) is 11.8 Å². The minimum absolute atomic E-state index is 0.224. The molecule has 0 radical (unpaired) electrons. The zero-order chi connectivity index (χ0) is 19.3. The van der Waals surface area contributed by atoms with Crippen LogP contribution in [0.1, 0.15) is 18.4 Å². The number of hydrogen-bond donors (Lipinski definition) is 2. The van der Waals surface area contributed by atoms with Crippen molar-refractivity contribution in [2.24, 2.45) is 5.41 Å². The number of carbonyl (C=O) groups is 2. The van der Waals surface area contributed by atoms with Crippen molar-refractivity contribution in [2.75, 3.05) is 26.1 Å². The number of carbonyl (C=O) groups excluding carboxylic acids is 2. The Bertz CT molecular complexity index is 816. The van der Waals surface area contributed by atoms with Crippen molar-refractivity contribution >= 4 is 17.5 Å². The molecular formula is C21H24N2O4. The van der Waals surface area contributed by atoms with Gasteiger partial charge in [-0.1, -0.05) is 30.3 Å². The highest BCUT2D eigenvalue weighted by molar-refractivity contribution is 6.13. The van der Waals surface area contributed by atoms with Crippen LogP contribution < -0.4 is 20.1 Å². The van der Waals surface area contributed by atoms with Crippen LogP contribution in [0.5, 0.6) is 11.5 Å². The number of amides is 2. The molecule has 0 spiro atoms. The van der Waals surface area contributed by atoms with Gasteiger partial charge in [-0.05, 0) is 37.0 Å². The lowest BCUT2D eigenvalue weighted by Crippen LogP contribution is -2.40. The van der Waals surface area contributed by atoms with Crippen LogP contribution >= 0.6 is 0 Å². The minimum Gasteiger partial charge on any atom is -0.497 e. The lowest BCUT2D eigenvalue weighted by atomic mass is 10.0. The molecule has 0 unspecified atom stereocenters. The Morgan fingerprint density at radius 1 is 1.00 bits per heavy atom. The van der Waals surface area contributed by atoms with Gasteiger partial charge in [0.15, 0.2) is 0 Å². The van der Waals surface area contributed by atoms with Crippen LogP contribution in [0.4, 0.5) is 5.69 Å². The summed E-state index contributed by atoms with van der Waals surface area (Å²) < 4.78 is 10.5. The van der Waals surface area contributed by atoms with Gasteiger partial charge in [-0.2, -0.15) is 0 Å². The van der Waals surface area contributed by atoms with Gasteiger partial charge in [-0.25, -0.2) is 0 Å². The largest absolute Gasteiger partial charge is 0.497 e. The maximum Gasteiger partial charge on any atom is 0.240 e. The molecule has 6 heteroatoms. The van der Waals surface area contributed by atoms with Crippen molar-refractivity contribution in [3.05, 3.63) is 54.1 Å². The molecule has 6 nitrogen and oxygen atoms in total. The third kappa shape index (κ3) is 4.22. The average molecular weight is 368 g/mol. The SMILES string of the molecule is COc1ccc(OC)c(NC(=O)C2(C(=O)NCCc3ccccc3)CC2)c1. The Hall–Kier alpha value is -3.02. The highest BCUT2D eigenvalue weighted by atomic mass is 16.5. The molecule has 1 saturated carbocycles. The standard InChI is InChI=1S/C21H24N2O4/c1-26-16-8-9-18(27-2)17(14-16)23-20(25)21(11-12-21)19(24)22-13-10-15-6-4-3-5-7-15/h3-9,14H,10-13H2,1-2H3,(H,22,24)(H,23,25). The topological polar surface area (TPSA) is 76.7 Å². The Morgan fingerprint density at radius 3 is 2.37 bits per heavy atom. The van der Waals surface area contributed by atoms with Crippen LogP contribution in [0.3, 0.4) is 0 Å². The quantitative estimate of drug-likeness (QED) is 0.703. The second-order valence-corrected chi connectivity index (χ2v) is 6.59. The van der Waals surface area contributed by atoms with E-state index in [-0.39, 0.29) is 11.8 Å². The Balaban J connectivity index is 1.61. The molecule has 3 rings (SSSR count). The lowest BCUT2D eigenvalue weighted by Gasteiger charge is -2.17. The smallest absolute Gasteiger partial charge is 0.240 e. The zero-order valence-electron chi connectivity index (χ0n) is 15.6. The number of benzene rings is 2. The Morgan fingerprint density at radius 2 is 1.74 bits per heavy atom. The lowest BCUT2D eigenvalue weighted by molar-refractivity contribution is -0.134. The van der Waals surface area contributed by atoms with Crippen molar-refractivity contribution in [1.29, 1.82) is 0 Å². The molecule has 2 N–H and O–H groups in total. The molecule has 0 aliphatic heterocycles. The number of ether oxygens (including phenoxy) is 2. The molecule has 0 saturated heterocycles. The molecule has 2 aromatic carbocycles. The summed E-state index contributed by atoms with van der Waals surface area (Å²) in [5.74, 6) is 0.580. The number of rotatable bonds is 8. The van der Waals surface area contributed by atoms with Crippen molar-refractivity contribution < 1.29 is 19.1 Å². The summed E-state index contributed by atoms with van der Waals surface area (Å²) in [7, 11) is 3.08. The van der Waals surface area contributed by atoms with Gasteiger partial charge in [-0.15, -0.1) is 0 Å². The van der Waals surface area contributed by atoms with Gasteiger partial charge in [0, 0.05) is 12.6 Å². The fourth-order valence-electron chi connectivity index (χ4n) is 2.97. The first-order valence-corrected chi connectivity index (χ1v) is 8.95. The molecule has 0 heterocycles. The van der Waals surface area contributed by atoms with E-state index in [1.165, 1.54) is 7.11 Å². The maximum absolute atomic E-state index is 12.8. The van der Waals surface area contributed by atoms with Crippen LogP contribution in [0.2, 0.25) is 0 Å². The van der Waals surface area contributed by atoms with Crippen molar-refractivity contribution in [3.8, 4) is 11.5 Å². The van der Waals surface area contributed by atoms with Gasteiger partial charge >= 0.3 is 0 Å². The summed E-state index contributed by atoms with van der Waals surface area (Å²) in [6.45, 7) is 0.500. The summed E-state index contributed by atoms with van der Waals surface area (Å²) in [6, 6.07) is 15.1. The van der Waals surface area contributed by atoms with E-state index in [9.17, 15) is 9.59 Å². The molecule has 0 aromatic heterocycles. The third-order valence-electron chi connectivity index (χ3n) is 4.82. The molecular weight excluding hydrogens is 344 g/mol. The van der Waals surface area contributed by atoms with E-state index in [0.717, 1.165) is 12.0 Å². The van der Waals surface area contributed by atoms with Crippen molar-refractivity contribution in [1.82, 2.24) is 5.32 Å². The van der Waals surface area contributed by atoms with Gasteiger partial charge in [-0.3, -0.25) is 9.59 Å². The Kier molecular flexibility index (Phi) is 5.64. The van der Waals surface area contributed by atoms with Crippen molar-refractivity contribution in [2.45, 2.75) is 19.3 Å². The number of methoxy groups -OCH3 is 2. The molecule has 2 amide bonds. The monoisotopic (exact) mass is 368 g/mol. The normalized spacial score (nSPS) is 14.1. The van der Waals surface area contributed by atoms with E-state index in [4.69, 9.17) is 9.47 Å². The van der Waals surface area contributed by atoms with Crippen LogP contribution in [-0.4, -0.2) is 32.6 Å². The van der Waals surface area contributed by atoms with E-state index in [0.29, 0.717) is 36.6 Å². The number of hydrogen-bond acceptors (Lipinski definition) is 4. The molecule has 142 valence electrons. The van der Waals surface area contributed by atoms with E-state index < -0.39 is 5.41 Å². The molecule has 27 heavy (non-hydrogen) atoms. The predicted octanol–water partition coefficient (Wildman–Crippen LogP) is 2.78. The van der Waals surface area contributed by atoms with Crippen LogP contribution in [-0.2, 0) is 16.0 Å². The summed E-state index contributed by atoms with van der Waals surface area (Å²) >= 11 is 0. The molecule has 1 fully saturated rings. The fourth-order valence-corrected chi connectivity index (χ4v) is 2.97. The van der Waals surface area contributed by atoms with Gasteiger partial charge < -0.3 is 20.1 Å². The number of anilines is 1.